The third kappa shape index (κ3) is 4.83. The molecule has 6 nitrogen and oxygen atoms in total. The molecule has 0 saturated heterocycles. The maximum Gasteiger partial charge on any atom is 0.393 e. The van der Waals surface area contributed by atoms with Gasteiger partial charge >= 0.3 is 52.7 Å². The molecule has 1 aromatic rings. The molecule has 0 fully saturated rings. The SMILES string of the molecule is COc1ccc(NC(=O)C(F)(F)C(F)(F)C(F)(F)C(F)(F)C(F)(F)C(F)(F)C(F)(F)C(F)(F)Cl)c([N+](=O)[O-])c1. The van der Waals surface area contributed by atoms with E-state index >= 15 is 0 Å². The van der Waals surface area contributed by atoms with Crippen molar-refractivity contribution in [2.24, 2.45) is 0 Å². The molecule has 1 N–H and O–H groups in total. The number of carbonyl (C=O) groups excluding carboxylic acids is 1. The zero-order valence-corrected chi connectivity index (χ0v) is 18.5. The first-order valence-electron chi connectivity index (χ1n) is 8.86. The van der Waals surface area contributed by atoms with Crippen LogP contribution in [0.4, 0.5) is 81.6 Å². The summed E-state index contributed by atoms with van der Waals surface area (Å²) in [5.41, 5.74) is -3.04. The number of alkyl halides is 17. The predicted octanol–water partition coefficient (Wildman–Crippen LogP) is 6.82. The van der Waals surface area contributed by atoms with E-state index < -0.39 is 74.8 Å². The predicted molar refractivity (Wildman–Crippen MR) is 93.7 cm³/mol. The number of amides is 1. The van der Waals surface area contributed by atoms with E-state index in [1.54, 1.807) is 0 Å². The average molecular weight is 631 g/mol. The van der Waals surface area contributed by atoms with Gasteiger partial charge in [-0.1, -0.05) is 0 Å². The van der Waals surface area contributed by atoms with E-state index in [9.17, 15) is 85.2 Å². The molecule has 0 radical (unpaired) electrons. The van der Waals surface area contributed by atoms with Crippen LogP contribution in [0, 0.1) is 10.1 Å². The Labute approximate surface area is 208 Å². The van der Waals surface area contributed by atoms with Crippen LogP contribution >= 0.6 is 11.6 Å². The van der Waals surface area contributed by atoms with Crippen LogP contribution in [0.5, 0.6) is 5.75 Å². The van der Waals surface area contributed by atoms with E-state index in [1.807, 2.05) is 0 Å². The highest BCUT2D eigenvalue weighted by atomic mass is 35.5. The monoisotopic (exact) mass is 630 g/mol. The number of hydrogen-bond acceptors (Lipinski definition) is 4. The normalized spacial score (nSPS) is 14.7. The number of nitro benzene ring substituents is 1. The minimum atomic E-state index is -8.76. The van der Waals surface area contributed by atoms with Crippen LogP contribution in [0.1, 0.15) is 0 Å². The maximum absolute atomic E-state index is 14.0. The van der Waals surface area contributed by atoms with Crippen molar-refractivity contribution in [3.05, 3.63) is 28.3 Å². The Morgan fingerprint density at radius 1 is 0.769 bits per heavy atom. The van der Waals surface area contributed by atoms with E-state index in [2.05, 4.69) is 16.3 Å². The van der Waals surface area contributed by atoms with Crippen molar-refractivity contribution in [2.45, 2.75) is 46.8 Å². The fourth-order valence-electron chi connectivity index (χ4n) is 2.40. The highest BCUT2D eigenvalue weighted by Crippen LogP contribution is 2.64. The smallest absolute Gasteiger partial charge is 0.393 e. The molecule has 0 spiro atoms. The molecule has 1 aromatic carbocycles. The van der Waals surface area contributed by atoms with Gasteiger partial charge in [-0.05, 0) is 23.7 Å². The first-order valence-corrected chi connectivity index (χ1v) is 9.23. The summed E-state index contributed by atoms with van der Waals surface area (Å²) >= 11 is 3.41. The molecule has 1 rings (SSSR count). The summed E-state index contributed by atoms with van der Waals surface area (Å²) in [7, 11) is 0.873. The highest BCUT2D eigenvalue weighted by Gasteiger charge is 2.95. The van der Waals surface area contributed by atoms with Crippen LogP contribution in [-0.4, -0.2) is 64.8 Å². The van der Waals surface area contributed by atoms with Crippen molar-refractivity contribution in [1.82, 2.24) is 0 Å². The second kappa shape index (κ2) is 9.61. The fraction of sp³-hybridized carbons (Fsp3) is 0.562. The van der Waals surface area contributed by atoms with Crippen molar-refractivity contribution in [3.8, 4) is 5.75 Å². The summed E-state index contributed by atoms with van der Waals surface area (Å²) in [6, 6.07) is 1.14. The van der Waals surface area contributed by atoms with Crippen molar-refractivity contribution >= 4 is 28.9 Å². The molecule has 0 atom stereocenters. The Morgan fingerprint density at radius 2 is 1.15 bits per heavy atom. The van der Waals surface area contributed by atoms with Crippen molar-refractivity contribution in [1.29, 1.82) is 0 Å². The Hall–Kier alpha value is -2.94. The summed E-state index contributed by atoms with van der Waals surface area (Å²) in [5, 5.41) is 4.51. The first kappa shape index (κ1) is 34.1. The lowest BCUT2D eigenvalue weighted by atomic mass is 9.89. The molecule has 23 heteroatoms. The number of nitrogens with one attached hydrogen (secondary N) is 1. The molecule has 0 aromatic heterocycles. The van der Waals surface area contributed by atoms with Gasteiger partial charge in [0.25, 0.3) is 5.69 Å². The molecule has 0 bridgehead atoms. The van der Waals surface area contributed by atoms with Gasteiger partial charge in [0.05, 0.1) is 18.1 Å². The summed E-state index contributed by atoms with van der Waals surface area (Å²) in [6.07, 6.45) is 0. The lowest BCUT2D eigenvalue weighted by Gasteiger charge is -2.42. The quantitative estimate of drug-likeness (QED) is 0.126. The molecule has 39 heavy (non-hydrogen) atoms. The van der Waals surface area contributed by atoms with Gasteiger partial charge in [-0.3, -0.25) is 14.9 Å². The molecule has 0 unspecified atom stereocenters. The largest absolute Gasteiger partial charge is 0.496 e. The van der Waals surface area contributed by atoms with E-state index in [0.717, 1.165) is 7.11 Å². The molecule has 0 saturated carbocycles. The number of methoxy groups -OCH3 is 1. The van der Waals surface area contributed by atoms with Gasteiger partial charge < -0.3 is 10.1 Å². The number of nitrogens with zero attached hydrogens (tertiary/aromatic N) is 1. The minimum Gasteiger partial charge on any atom is -0.496 e. The van der Waals surface area contributed by atoms with Gasteiger partial charge in [0.15, 0.2) is 0 Å². The van der Waals surface area contributed by atoms with Crippen molar-refractivity contribution < 1.29 is 84.7 Å². The zero-order valence-electron chi connectivity index (χ0n) is 17.7. The van der Waals surface area contributed by atoms with Crippen LogP contribution in [0.15, 0.2) is 18.2 Å². The van der Waals surface area contributed by atoms with Gasteiger partial charge in [0, 0.05) is 0 Å². The molecular formula is C16H7ClF16N2O4. The van der Waals surface area contributed by atoms with Crippen LogP contribution < -0.4 is 10.1 Å². The van der Waals surface area contributed by atoms with Crippen LogP contribution in [-0.2, 0) is 4.79 Å². The van der Waals surface area contributed by atoms with Gasteiger partial charge in [-0.25, -0.2) is 0 Å². The molecule has 0 aliphatic rings. The standard InChI is InChI=1S/C16H7ClF16N2O4/c1-39-5-2-3-6(7(4-5)35(37)38)34-8(36)9(18,19)10(20,21)11(22,23)12(24,25)13(26,27)14(28,29)15(30,31)16(17,32)33/h2-4H,1H3,(H,34,36). The molecule has 0 aliphatic heterocycles. The Balaban J connectivity index is 3.64. The number of benzene rings is 1. The van der Waals surface area contributed by atoms with E-state index in [-0.39, 0.29) is 6.07 Å². The number of halogens is 17. The minimum absolute atomic E-state index is 0.235. The number of hydrogen-bond donors (Lipinski definition) is 1. The van der Waals surface area contributed by atoms with Gasteiger partial charge in [-0.2, -0.15) is 70.2 Å². The van der Waals surface area contributed by atoms with Gasteiger partial charge in [0.2, 0.25) is 0 Å². The molecule has 224 valence electrons. The lowest BCUT2D eigenvalue weighted by Crippen LogP contribution is -2.75. The van der Waals surface area contributed by atoms with Crippen LogP contribution in [0.2, 0.25) is 0 Å². The summed E-state index contributed by atoms with van der Waals surface area (Å²) in [5.74, 6) is -62.3. The number of nitro groups is 1. The third-order valence-electron chi connectivity index (χ3n) is 4.66. The lowest BCUT2D eigenvalue weighted by molar-refractivity contribution is -0.445. The van der Waals surface area contributed by atoms with Gasteiger partial charge in [0.1, 0.15) is 11.4 Å². The second-order valence-electron chi connectivity index (χ2n) is 7.11. The third-order valence-corrected chi connectivity index (χ3v) is 4.89. The van der Waals surface area contributed by atoms with E-state index in [1.165, 1.54) is 0 Å². The molecular weight excluding hydrogens is 624 g/mol. The number of rotatable bonds is 11. The Kier molecular flexibility index (Phi) is 8.40. The van der Waals surface area contributed by atoms with Crippen molar-refractivity contribution in [3.63, 3.8) is 0 Å². The summed E-state index contributed by atoms with van der Waals surface area (Å²) in [6.45, 7) is 0. The van der Waals surface area contributed by atoms with Crippen molar-refractivity contribution in [2.75, 3.05) is 12.4 Å². The molecule has 1 amide bonds. The van der Waals surface area contributed by atoms with E-state index in [0.29, 0.717) is 17.4 Å². The fourth-order valence-corrected chi connectivity index (χ4v) is 2.52. The average Bonchev–Trinajstić information content (AvgIpc) is 2.77. The van der Waals surface area contributed by atoms with Gasteiger partial charge in [-0.15, -0.1) is 0 Å². The van der Waals surface area contributed by atoms with Crippen LogP contribution in [0.3, 0.4) is 0 Å². The maximum atomic E-state index is 14.0. The number of carbonyl (C=O) groups is 1. The number of ether oxygens (including phenoxy) is 1. The Morgan fingerprint density at radius 3 is 1.51 bits per heavy atom. The summed E-state index contributed by atoms with van der Waals surface area (Å²) in [4.78, 5) is 21.0. The Bertz CT molecular complexity index is 1120. The van der Waals surface area contributed by atoms with E-state index in [4.69, 9.17) is 0 Å². The molecule has 0 aliphatic carbocycles. The zero-order chi connectivity index (χ0) is 31.4. The topological polar surface area (TPSA) is 81.5 Å². The first-order chi connectivity index (χ1) is 17.0. The highest BCUT2D eigenvalue weighted by molar-refractivity contribution is 6.22. The second-order valence-corrected chi connectivity index (χ2v) is 7.59. The van der Waals surface area contributed by atoms with Crippen LogP contribution in [0.25, 0.3) is 0 Å². The molecule has 0 heterocycles. The summed E-state index contributed by atoms with van der Waals surface area (Å²) < 4.78 is 220. The number of anilines is 1.